The Hall–Kier alpha value is -2.83. The van der Waals surface area contributed by atoms with Crippen LogP contribution in [-0.2, 0) is 16.0 Å². The molecule has 2 N–H and O–H groups in total. The molecule has 4 amide bonds. The molecule has 0 radical (unpaired) electrons. The molecule has 7 heteroatoms. The van der Waals surface area contributed by atoms with Crippen LogP contribution in [0.25, 0.3) is 0 Å². The summed E-state index contributed by atoms with van der Waals surface area (Å²) in [5, 5.41) is 5.72. The third-order valence-electron chi connectivity index (χ3n) is 6.53. The van der Waals surface area contributed by atoms with Crippen molar-refractivity contribution in [2.45, 2.75) is 38.1 Å². The Morgan fingerprint density at radius 3 is 2.67 bits per heavy atom. The van der Waals surface area contributed by atoms with E-state index in [1.165, 1.54) is 11.3 Å². The molecule has 3 aliphatic rings. The van der Waals surface area contributed by atoms with E-state index in [1.807, 2.05) is 24.3 Å². The van der Waals surface area contributed by atoms with E-state index in [1.54, 1.807) is 7.11 Å². The molecule has 1 saturated carbocycles. The summed E-state index contributed by atoms with van der Waals surface area (Å²) in [5.74, 6) is 2.28. The molecule has 0 unspecified atom stereocenters. The number of carbonyl (C=O) groups is 3. The zero-order chi connectivity index (χ0) is 21.1. The quantitative estimate of drug-likeness (QED) is 0.482. The highest BCUT2D eigenvalue weighted by atomic mass is 16.5. The Bertz CT molecular complexity index is 835. The van der Waals surface area contributed by atoms with E-state index in [-0.39, 0.29) is 24.3 Å². The first-order chi connectivity index (χ1) is 14.5. The summed E-state index contributed by atoms with van der Waals surface area (Å²) in [6, 6.07) is 6.55. The minimum atomic E-state index is -0.621. The fourth-order valence-corrected chi connectivity index (χ4v) is 4.76. The Morgan fingerprint density at radius 1 is 1.20 bits per heavy atom. The van der Waals surface area contributed by atoms with Crippen LogP contribution in [0.2, 0.25) is 0 Å². The van der Waals surface area contributed by atoms with Crippen LogP contribution in [0.4, 0.5) is 4.79 Å². The maximum absolute atomic E-state index is 12.6. The van der Waals surface area contributed by atoms with Crippen molar-refractivity contribution in [3.63, 3.8) is 0 Å². The number of hydrogen-bond acceptors (Lipinski definition) is 4. The lowest BCUT2D eigenvalue weighted by Gasteiger charge is -2.18. The summed E-state index contributed by atoms with van der Waals surface area (Å²) < 4.78 is 5.14. The topological polar surface area (TPSA) is 87.7 Å². The van der Waals surface area contributed by atoms with Crippen LogP contribution in [0.15, 0.2) is 36.4 Å². The third kappa shape index (κ3) is 4.50. The molecule has 1 aromatic rings. The highest BCUT2D eigenvalue weighted by Gasteiger charge is 2.38. The van der Waals surface area contributed by atoms with E-state index >= 15 is 0 Å². The van der Waals surface area contributed by atoms with Gasteiger partial charge < -0.3 is 15.4 Å². The predicted molar refractivity (Wildman–Crippen MR) is 112 cm³/mol. The first-order valence-electron chi connectivity index (χ1n) is 10.7. The van der Waals surface area contributed by atoms with Gasteiger partial charge in [0.1, 0.15) is 11.8 Å². The molecule has 0 aromatic heterocycles. The number of nitrogens with one attached hydrogen (secondary N) is 2. The minimum Gasteiger partial charge on any atom is -0.497 e. The Kier molecular flexibility index (Phi) is 6.06. The van der Waals surface area contributed by atoms with Crippen molar-refractivity contribution in [1.29, 1.82) is 0 Å². The van der Waals surface area contributed by atoms with Crippen molar-refractivity contribution < 1.29 is 19.1 Å². The van der Waals surface area contributed by atoms with Gasteiger partial charge in [0.15, 0.2) is 0 Å². The van der Waals surface area contributed by atoms with Gasteiger partial charge in [0.25, 0.3) is 5.91 Å². The van der Waals surface area contributed by atoms with Crippen molar-refractivity contribution >= 4 is 17.8 Å². The summed E-state index contributed by atoms with van der Waals surface area (Å²) in [4.78, 5) is 38.3. The Morgan fingerprint density at radius 2 is 2.00 bits per heavy atom. The van der Waals surface area contributed by atoms with Gasteiger partial charge in [-0.1, -0.05) is 24.3 Å². The number of hydrogen-bond donors (Lipinski definition) is 2. The summed E-state index contributed by atoms with van der Waals surface area (Å²) >= 11 is 0. The molecule has 2 aliphatic carbocycles. The zero-order valence-corrected chi connectivity index (χ0v) is 17.3. The predicted octanol–water partition coefficient (Wildman–Crippen LogP) is 2.27. The van der Waals surface area contributed by atoms with Crippen molar-refractivity contribution in [1.82, 2.24) is 15.5 Å². The second kappa shape index (κ2) is 8.90. The number of fused-ring (bicyclic) bond motifs is 2. The largest absolute Gasteiger partial charge is 0.497 e. The number of methoxy groups -OCH3 is 1. The molecular weight excluding hydrogens is 382 g/mol. The number of imide groups is 1. The second-order valence-electron chi connectivity index (χ2n) is 8.47. The van der Waals surface area contributed by atoms with E-state index < -0.39 is 6.04 Å². The number of amides is 4. The van der Waals surface area contributed by atoms with E-state index in [4.69, 9.17) is 4.74 Å². The molecule has 4 rings (SSSR count). The van der Waals surface area contributed by atoms with Gasteiger partial charge in [0.05, 0.1) is 7.11 Å². The zero-order valence-electron chi connectivity index (χ0n) is 17.3. The number of allylic oxidation sites excluding steroid dienone is 2. The summed E-state index contributed by atoms with van der Waals surface area (Å²) in [7, 11) is 1.61. The van der Waals surface area contributed by atoms with Gasteiger partial charge in [-0.25, -0.2) is 4.79 Å². The number of benzene rings is 1. The van der Waals surface area contributed by atoms with E-state index in [9.17, 15) is 14.4 Å². The van der Waals surface area contributed by atoms with Crippen molar-refractivity contribution in [2.24, 2.45) is 17.8 Å². The Labute approximate surface area is 176 Å². The number of carbonyl (C=O) groups excluding carboxylic acids is 3. The average molecular weight is 412 g/mol. The standard InChI is InChI=1S/C23H29N3O4/c1-30-19-6-3-15(4-7-19)10-11-26-22(28)20(25-23(26)29)8-9-21(27)24-14-18-13-16-2-5-17(18)12-16/h2-7,16-18,20H,8-14H2,1H3,(H,24,27)(H,25,29)/t16-,17-,18+,20-/m0/s1. The third-order valence-corrected chi connectivity index (χ3v) is 6.53. The van der Waals surface area contributed by atoms with E-state index in [0.717, 1.165) is 17.7 Å². The lowest BCUT2D eigenvalue weighted by Crippen LogP contribution is -2.35. The van der Waals surface area contributed by atoms with Crippen LogP contribution in [0.1, 0.15) is 31.2 Å². The molecule has 4 atom stereocenters. The highest BCUT2D eigenvalue weighted by molar-refractivity contribution is 6.04. The van der Waals surface area contributed by atoms with Gasteiger partial charge in [-0.15, -0.1) is 0 Å². The number of urea groups is 1. The summed E-state index contributed by atoms with van der Waals surface area (Å²) in [6.07, 6.45) is 8.08. The molecule has 1 saturated heterocycles. The molecular formula is C23H29N3O4. The lowest BCUT2D eigenvalue weighted by atomic mass is 9.93. The molecule has 1 heterocycles. The van der Waals surface area contributed by atoms with Gasteiger partial charge in [-0.2, -0.15) is 0 Å². The van der Waals surface area contributed by atoms with Gasteiger partial charge in [-0.3, -0.25) is 14.5 Å². The molecule has 160 valence electrons. The second-order valence-corrected chi connectivity index (χ2v) is 8.47. The van der Waals surface area contributed by atoms with Gasteiger partial charge in [0, 0.05) is 19.5 Å². The molecule has 1 aliphatic heterocycles. The minimum absolute atomic E-state index is 0.0551. The molecule has 7 nitrogen and oxygen atoms in total. The molecule has 2 fully saturated rings. The monoisotopic (exact) mass is 411 g/mol. The first kappa shape index (κ1) is 20.4. The SMILES string of the molecule is COc1ccc(CCN2C(=O)N[C@@H](CCC(=O)NC[C@H]3C[C@H]4C=C[C@H]3C4)C2=O)cc1. The van der Waals surface area contributed by atoms with Crippen molar-refractivity contribution in [2.75, 3.05) is 20.2 Å². The van der Waals surface area contributed by atoms with Crippen LogP contribution in [0.3, 0.4) is 0 Å². The molecule has 0 spiro atoms. The first-order valence-corrected chi connectivity index (χ1v) is 10.7. The van der Waals surface area contributed by atoms with Crippen molar-refractivity contribution in [3.05, 3.63) is 42.0 Å². The smallest absolute Gasteiger partial charge is 0.324 e. The highest BCUT2D eigenvalue weighted by Crippen LogP contribution is 2.42. The van der Waals surface area contributed by atoms with Crippen LogP contribution >= 0.6 is 0 Å². The maximum atomic E-state index is 12.6. The summed E-state index contributed by atoms with van der Waals surface area (Å²) in [5.41, 5.74) is 1.02. The molecule has 2 bridgehead atoms. The molecule has 30 heavy (non-hydrogen) atoms. The molecule has 1 aromatic carbocycles. The fourth-order valence-electron chi connectivity index (χ4n) is 4.76. The van der Waals surface area contributed by atoms with Crippen LogP contribution in [0, 0.1) is 17.8 Å². The van der Waals surface area contributed by atoms with Crippen LogP contribution in [-0.4, -0.2) is 49.0 Å². The van der Waals surface area contributed by atoms with Crippen LogP contribution < -0.4 is 15.4 Å². The van der Waals surface area contributed by atoms with Crippen molar-refractivity contribution in [3.8, 4) is 5.75 Å². The maximum Gasteiger partial charge on any atom is 0.324 e. The van der Waals surface area contributed by atoms with E-state index in [0.29, 0.717) is 43.7 Å². The number of rotatable bonds is 9. The van der Waals surface area contributed by atoms with Gasteiger partial charge in [0.2, 0.25) is 5.91 Å². The lowest BCUT2D eigenvalue weighted by molar-refractivity contribution is -0.127. The fraction of sp³-hybridized carbons (Fsp3) is 0.522. The van der Waals surface area contributed by atoms with Gasteiger partial charge in [-0.05, 0) is 61.1 Å². The number of ether oxygens (including phenoxy) is 1. The Balaban J connectivity index is 1.19. The normalized spacial score (nSPS) is 26.9. The van der Waals surface area contributed by atoms with Gasteiger partial charge >= 0.3 is 6.03 Å². The number of nitrogens with zero attached hydrogens (tertiary/aromatic N) is 1. The average Bonchev–Trinajstić information content (AvgIpc) is 3.45. The van der Waals surface area contributed by atoms with Crippen LogP contribution in [0.5, 0.6) is 5.75 Å². The summed E-state index contributed by atoms with van der Waals surface area (Å²) in [6.45, 7) is 1.01. The van der Waals surface area contributed by atoms with E-state index in [2.05, 4.69) is 22.8 Å².